The van der Waals surface area contributed by atoms with Crippen LogP contribution in [-0.4, -0.2) is 41.4 Å². The zero-order chi connectivity index (χ0) is 18.2. The van der Waals surface area contributed by atoms with Crippen LogP contribution in [0.25, 0.3) is 11.1 Å². The smallest absolute Gasteiger partial charge is 0.177 e. The first-order chi connectivity index (χ1) is 12.0. The Balaban J connectivity index is 2.00. The molecule has 0 fully saturated rings. The third kappa shape index (κ3) is 5.39. The number of nitrogens with one attached hydrogen (secondary N) is 1. The molecule has 2 atom stereocenters. The van der Waals surface area contributed by atoms with Crippen LogP contribution in [0.1, 0.15) is 19.4 Å². The molecule has 0 aliphatic rings. The number of benzene rings is 2. The highest BCUT2D eigenvalue weighted by Gasteiger charge is 2.21. The van der Waals surface area contributed by atoms with Crippen LogP contribution in [0.2, 0.25) is 0 Å². The molecule has 5 nitrogen and oxygen atoms in total. The number of rotatable bonds is 9. The van der Waals surface area contributed by atoms with Gasteiger partial charge < -0.3 is 20.3 Å². The summed E-state index contributed by atoms with van der Waals surface area (Å²) in [6.45, 7) is 3.98. The van der Waals surface area contributed by atoms with Gasteiger partial charge in [-0.1, -0.05) is 36.4 Å². The average Bonchev–Trinajstić information content (AvgIpc) is 2.63. The highest BCUT2D eigenvalue weighted by atomic mass is 16.5. The molecule has 0 radical (unpaired) electrons. The third-order valence-corrected chi connectivity index (χ3v) is 3.96. The number of carbonyl (C=O) groups is 1. The molecule has 2 rings (SSSR count). The minimum absolute atomic E-state index is 0.416. The molecule has 0 heterocycles. The lowest BCUT2D eigenvalue weighted by atomic mass is 10.0. The van der Waals surface area contributed by atoms with E-state index >= 15 is 0 Å². The molecule has 134 valence electrons. The van der Waals surface area contributed by atoms with E-state index in [-0.39, 0.29) is 0 Å². The maximum atomic E-state index is 11.6. The van der Waals surface area contributed by atoms with Crippen molar-refractivity contribution in [2.24, 2.45) is 0 Å². The number of carbonyl (C=O) groups excluding carboxylic acids is 1. The molecule has 2 aromatic carbocycles. The predicted molar refractivity (Wildman–Crippen MR) is 97.4 cm³/mol. The van der Waals surface area contributed by atoms with Gasteiger partial charge in [0, 0.05) is 6.54 Å². The quantitative estimate of drug-likeness (QED) is 0.650. The lowest BCUT2D eigenvalue weighted by Gasteiger charge is -2.19. The maximum Gasteiger partial charge on any atom is 0.177 e. The second-order valence-corrected chi connectivity index (χ2v) is 5.88. The lowest BCUT2D eigenvalue weighted by Crippen LogP contribution is -2.45. The minimum atomic E-state index is -0.859. The van der Waals surface area contributed by atoms with E-state index in [0.29, 0.717) is 13.2 Å². The Hall–Kier alpha value is -2.21. The maximum absolute atomic E-state index is 11.6. The molecular weight excluding hydrogens is 318 g/mol. The van der Waals surface area contributed by atoms with Gasteiger partial charge in [-0.15, -0.1) is 0 Å². The van der Waals surface area contributed by atoms with Crippen molar-refractivity contribution < 1.29 is 19.7 Å². The van der Waals surface area contributed by atoms with Gasteiger partial charge >= 0.3 is 0 Å². The fourth-order valence-electron chi connectivity index (χ4n) is 2.60. The summed E-state index contributed by atoms with van der Waals surface area (Å²) in [7, 11) is 0. The highest BCUT2D eigenvalue weighted by molar-refractivity contribution is 5.85. The van der Waals surface area contributed by atoms with E-state index in [2.05, 4.69) is 5.32 Å². The molecule has 0 aliphatic heterocycles. The fourth-order valence-corrected chi connectivity index (χ4v) is 2.60. The highest BCUT2D eigenvalue weighted by Crippen LogP contribution is 2.23. The Bertz CT molecular complexity index is 665. The lowest BCUT2D eigenvalue weighted by molar-refractivity contribution is -0.126. The first-order valence-corrected chi connectivity index (χ1v) is 8.42. The van der Waals surface area contributed by atoms with Crippen LogP contribution in [0.15, 0.2) is 48.5 Å². The van der Waals surface area contributed by atoms with Gasteiger partial charge in [-0.05, 0) is 42.7 Å². The second kappa shape index (κ2) is 9.32. The second-order valence-electron chi connectivity index (χ2n) is 5.88. The normalized spacial score (nSPS) is 13.3. The molecular formula is C20H25NO4. The molecule has 0 saturated carbocycles. The Morgan fingerprint density at radius 1 is 1.08 bits per heavy atom. The summed E-state index contributed by atoms with van der Waals surface area (Å²) in [6, 6.07) is 15.1. The van der Waals surface area contributed by atoms with Gasteiger partial charge in [0.05, 0.1) is 18.8 Å². The van der Waals surface area contributed by atoms with Gasteiger partial charge in [0.15, 0.2) is 5.78 Å². The van der Waals surface area contributed by atoms with Gasteiger partial charge in [0.1, 0.15) is 12.4 Å². The summed E-state index contributed by atoms with van der Waals surface area (Å²) in [5.41, 5.74) is 3.18. The summed E-state index contributed by atoms with van der Waals surface area (Å²) in [6.07, 6.45) is -0.859. The van der Waals surface area contributed by atoms with Crippen LogP contribution >= 0.6 is 0 Å². The number of aliphatic hydroxyl groups excluding tert-OH is 2. The Labute approximate surface area is 148 Å². The van der Waals surface area contributed by atoms with Gasteiger partial charge in [-0.25, -0.2) is 0 Å². The molecule has 3 N–H and O–H groups in total. The van der Waals surface area contributed by atoms with E-state index in [4.69, 9.17) is 9.84 Å². The summed E-state index contributed by atoms with van der Waals surface area (Å²) in [4.78, 5) is 11.6. The molecule has 25 heavy (non-hydrogen) atoms. The third-order valence-electron chi connectivity index (χ3n) is 3.96. The molecule has 0 spiro atoms. The zero-order valence-electron chi connectivity index (χ0n) is 14.6. The Morgan fingerprint density at radius 3 is 2.12 bits per heavy atom. The van der Waals surface area contributed by atoms with Crippen LogP contribution in [0.3, 0.4) is 0 Å². The summed E-state index contributed by atoms with van der Waals surface area (Å²) < 4.78 is 5.44. The van der Waals surface area contributed by atoms with Crippen molar-refractivity contribution in [2.45, 2.75) is 32.5 Å². The summed E-state index contributed by atoms with van der Waals surface area (Å²) in [5, 5.41) is 21.6. The zero-order valence-corrected chi connectivity index (χ0v) is 14.6. The fraction of sp³-hybridized carbons (Fsp3) is 0.350. The Kier molecular flexibility index (Phi) is 7.13. The number of ketones is 1. The van der Waals surface area contributed by atoms with Crippen molar-refractivity contribution in [1.82, 2.24) is 5.32 Å². The molecule has 0 saturated heterocycles. The molecule has 0 aromatic heterocycles. The average molecular weight is 343 g/mol. The molecule has 0 amide bonds. The SMILES string of the molecule is CCOc1ccc(-c2ccc(CN[C@H](C(=O)CO)[C@@H](C)O)cc2)cc1. The van der Waals surface area contributed by atoms with E-state index in [1.807, 2.05) is 55.5 Å². The van der Waals surface area contributed by atoms with Crippen molar-refractivity contribution in [2.75, 3.05) is 13.2 Å². The first kappa shape index (κ1) is 19.1. The largest absolute Gasteiger partial charge is 0.494 e. The number of aliphatic hydroxyl groups is 2. The number of hydrogen-bond acceptors (Lipinski definition) is 5. The van der Waals surface area contributed by atoms with E-state index in [9.17, 15) is 9.90 Å². The van der Waals surface area contributed by atoms with Crippen LogP contribution in [0.4, 0.5) is 0 Å². The molecule has 0 bridgehead atoms. The van der Waals surface area contributed by atoms with Crippen molar-refractivity contribution in [3.8, 4) is 16.9 Å². The van der Waals surface area contributed by atoms with Crippen LogP contribution in [-0.2, 0) is 11.3 Å². The van der Waals surface area contributed by atoms with Crippen LogP contribution < -0.4 is 10.1 Å². The topological polar surface area (TPSA) is 78.8 Å². The number of Topliss-reactive ketones (excluding diaryl/α,β-unsaturated/α-hetero) is 1. The predicted octanol–water partition coefficient (Wildman–Crippen LogP) is 2.15. The summed E-state index contributed by atoms with van der Waals surface area (Å²) >= 11 is 0. The number of hydrogen-bond donors (Lipinski definition) is 3. The molecule has 0 aliphatic carbocycles. The standard InChI is InChI=1S/C20H25NO4/c1-3-25-18-10-8-17(9-11-18)16-6-4-15(5-7-16)12-21-20(14(2)23)19(24)13-22/h4-11,14,20-23H,3,12-13H2,1-2H3/t14-,20+/m1/s1. The first-order valence-electron chi connectivity index (χ1n) is 8.42. The van der Waals surface area contributed by atoms with Crippen LogP contribution in [0.5, 0.6) is 5.75 Å². The van der Waals surface area contributed by atoms with Crippen molar-refractivity contribution in [1.29, 1.82) is 0 Å². The number of ether oxygens (including phenoxy) is 1. The van der Waals surface area contributed by atoms with Crippen molar-refractivity contribution in [3.05, 3.63) is 54.1 Å². The van der Waals surface area contributed by atoms with Gasteiger partial charge in [-0.2, -0.15) is 0 Å². The van der Waals surface area contributed by atoms with Gasteiger partial charge in [-0.3, -0.25) is 4.79 Å². The van der Waals surface area contributed by atoms with Crippen LogP contribution in [0, 0.1) is 0 Å². The van der Waals surface area contributed by atoms with Gasteiger partial charge in [0.25, 0.3) is 0 Å². The minimum Gasteiger partial charge on any atom is -0.494 e. The molecule has 2 aromatic rings. The van der Waals surface area contributed by atoms with Gasteiger partial charge in [0.2, 0.25) is 0 Å². The van der Waals surface area contributed by atoms with Crippen molar-refractivity contribution in [3.63, 3.8) is 0 Å². The summed E-state index contributed by atoms with van der Waals surface area (Å²) in [5.74, 6) is 0.436. The monoisotopic (exact) mass is 343 g/mol. The van der Waals surface area contributed by atoms with E-state index in [1.165, 1.54) is 6.92 Å². The van der Waals surface area contributed by atoms with E-state index in [0.717, 1.165) is 22.4 Å². The molecule has 0 unspecified atom stereocenters. The van der Waals surface area contributed by atoms with E-state index < -0.39 is 24.5 Å². The Morgan fingerprint density at radius 2 is 1.64 bits per heavy atom. The molecule has 5 heteroatoms. The van der Waals surface area contributed by atoms with E-state index in [1.54, 1.807) is 0 Å². The van der Waals surface area contributed by atoms with Crippen molar-refractivity contribution >= 4 is 5.78 Å².